The number of fused-ring (bicyclic) bond motifs is 1. The third kappa shape index (κ3) is 3.97. The molecule has 0 spiro atoms. The van der Waals surface area contributed by atoms with Gasteiger partial charge in [-0.15, -0.1) is 0 Å². The molecule has 0 amide bonds. The van der Waals surface area contributed by atoms with Crippen LogP contribution in [-0.2, 0) is 18.0 Å². The third-order valence-corrected chi connectivity index (χ3v) is 5.34. The highest BCUT2D eigenvalue weighted by atomic mass is 16.5. The van der Waals surface area contributed by atoms with E-state index in [4.69, 9.17) is 14.5 Å². The Balaban J connectivity index is 1.57. The summed E-state index contributed by atoms with van der Waals surface area (Å²) < 4.78 is 12.1. The summed E-state index contributed by atoms with van der Waals surface area (Å²) >= 11 is 0. The molecule has 4 heteroatoms. The normalized spacial score (nSPS) is 15.0. The Hall–Kier alpha value is -2.43. The van der Waals surface area contributed by atoms with Crippen molar-refractivity contribution in [3.63, 3.8) is 0 Å². The molecular weight excluding hydrogens is 338 g/mol. The fourth-order valence-corrected chi connectivity index (χ4v) is 3.27. The van der Waals surface area contributed by atoms with Gasteiger partial charge in [-0.05, 0) is 37.5 Å². The van der Waals surface area contributed by atoms with E-state index in [0.29, 0.717) is 19.8 Å². The minimum absolute atomic E-state index is 0.0165. The Morgan fingerprint density at radius 1 is 1.00 bits per heavy atom. The predicted molar refractivity (Wildman–Crippen MR) is 106 cm³/mol. The fraction of sp³-hybridized carbons (Fsp3) is 0.348. The van der Waals surface area contributed by atoms with Crippen molar-refractivity contribution in [2.24, 2.45) is 5.41 Å². The topological polar surface area (TPSA) is 51.6 Å². The van der Waals surface area contributed by atoms with Gasteiger partial charge in [0.25, 0.3) is 0 Å². The molecule has 3 aromatic rings. The van der Waals surface area contributed by atoms with E-state index in [9.17, 15) is 5.11 Å². The molecule has 0 unspecified atom stereocenters. The number of hydrogen-bond donors (Lipinski definition) is 1. The van der Waals surface area contributed by atoms with Gasteiger partial charge in [0, 0.05) is 16.4 Å². The number of aliphatic hydroxyl groups excluding tert-OH is 1. The molecule has 2 aromatic carbocycles. The SMILES string of the molecule is Cc1c(COCC2(CO)CC2)nc2ccccc2c1OCc1ccccc1. The lowest BCUT2D eigenvalue weighted by Gasteiger charge is -2.17. The molecule has 0 bridgehead atoms. The lowest BCUT2D eigenvalue weighted by atomic mass is 10.1. The van der Waals surface area contributed by atoms with E-state index in [1.807, 2.05) is 49.4 Å². The maximum atomic E-state index is 9.46. The molecule has 0 saturated heterocycles. The first-order chi connectivity index (χ1) is 13.2. The van der Waals surface area contributed by atoms with Crippen LogP contribution in [0.15, 0.2) is 54.6 Å². The van der Waals surface area contributed by atoms with Crippen molar-refractivity contribution in [1.29, 1.82) is 0 Å². The van der Waals surface area contributed by atoms with Gasteiger partial charge < -0.3 is 14.6 Å². The van der Waals surface area contributed by atoms with Crippen molar-refractivity contribution in [3.8, 4) is 5.75 Å². The van der Waals surface area contributed by atoms with E-state index in [2.05, 4.69) is 12.1 Å². The highest BCUT2D eigenvalue weighted by Gasteiger charge is 2.42. The zero-order chi connectivity index (χ0) is 18.7. The van der Waals surface area contributed by atoms with E-state index >= 15 is 0 Å². The zero-order valence-corrected chi connectivity index (χ0v) is 15.6. The first-order valence-corrected chi connectivity index (χ1v) is 9.44. The molecule has 1 heterocycles. The van der Waals surface area contributed by atoms with Gasteiger partial charge in [0.05, 0.1) is 31.0 Å². The minimum Gasteiger partial charge on any atom is -0.488 e. The Morgan fingerprint density at radius 2 is 1.74 bits per heavy atom. The van der Waals surface area contributed by atoms with Crippen LogP contribution < -0.4 is 4.74 Å². The number of aliphatic hydroxyl groups is 1. The van der Waals surface area contributed by atoms with E-state index in [0.717, 1.165) is 46.3 Å². The van der Waals surface area contributed by atoms with Crippen molar-refractivity contribution in [1.82, 2.24) is 4.98 Å². The fourth-order valence-electron chi connectivity index (χ4n) is 3.27. The smallest absolute Gasteiger partial charge is 0.134 e. The van der Waals surface area contributed by atoms with E-state index in [1.165, 1.54) is 0 Å². The molecule has 1 saturated carbocycles. The Morgan fingerprint density at radius 3 is 2.48 bits per heavy atom. The van der Waals surface area contributed by atoms with Crippen LogP contribution in [0.1, 0.15) is 29.7 Å². The Kier molecular flexibility index (Phi) is 5.10. The molecule has 1 N–H and O–H groups in total. The molecule has 1 fully saturated rings. The molecule has 27 heavy (non-hydrogen) atoms. The second kappa shape index (κ2) is 7.67. The van der Waals surface area contributed by atoms with Gasteiger partial charge >= 0.3 is 0 Å². The quantitative estimate of drug-likeness (QED) is 0.644. The van der Waals surface area contributed by atoms with Crippen molar-refractivity contribution < 1.29 is 14.6 Å². The summed E-state index contributed by atoms with van der Waals surface area (Å²) in [5, 5.41) is 10.5. The van der Waals surface area contributed by atoms with Gasteiger partial charge in [-0.3, -0.25) is 0 Å². The van der Waals surface area contributed by atoms with Gasteiger partial charge in [0.1, 0.15) is 12.4 Å². The first kappa shape index (κ1) is 18.0. The summed E-state index contributed by atoms with van der Waals surface area (Å²) in [6.07, 6.45) is 2.08. The summed E-state index contributed by atoms with van der Waals surface area (Å²) in [4.78, 5) is 4.79. The second-order valence-electron chi connectivity index (χ2n) is 7.45. The van der Waals surface area contributed by atoms with Crippen LogP contribution in [0.4, 0.5) is 0 Å². The van der Waals surface area contributed by atoms with Gasteiger partial charge in [0.2, 0.25) is 0 Å². The van der Waals surface area contributed by atoms with Crippen LogP contribution >= 0.6 is 0 Å². The molecule has 140 valence electrons. The number of pyridine rings is 1. The number of nitrogens with zero attached hydrogens (tertiary/aromatic N) is 1. The van der Waals surface area contributed by atoms with E-state index < -0.39 is 0 Å². The predicted octanol–water partition coefficient (Wildman–Crippen LogP) is 4.41. The number of rotatable bonds is 8. The number of para-hydroxylation sites is 1. The molecule has 1 aliphatic rings. The van der Waals surface area contributed by atoms with Crippen molar-refractivity contribution >= 4 is 10.9 Å². The summed E-state index contributed by atoms with van der Waals surface area (Å²) in [5.41, 5.74) is 3.93. The molecule has 0 radical (unpaired) electrons. The molecule has 1 aromatic heterocycles. The van der Waals surface area contributed by atoms with Crippen LogP contribution in [-0.4, -0.2) is 23.3 Å². The van der Waals surface area contributed by atoms with Crippen molar-refractivity contribution in [2.45, 2.75) is 33.0 Å². The van der Waals surface area contributed by atoms with E-state index in [1.54, 1.807) is 0 Å². The summed E-state index contributed by atoms with van der Waals surface area (Å²) in [6.45, 7) is 3.77. The summed E-state index contributed by atoms with van der Waals surface area (Å²) in [5.74, 6) is 0.867. The average molecular weight is 363 g/mol. The van der Waals surface area contributed by atoms with E-state index in [-0.39, 0.29) is 12.0 Å². The van der Waals surface area contributed by atoms with Gasteiger partial charge in [-0.1, -0.05) is 42.5 Å². The van der Waals surface area contributed by atoms with Crippen LogP contribution in [0.25, 0.3) is 10.9 Å². The van der Waals surface area contributed by atoms with Crippen LogP contribution in [0, 0.1) is 12.3 Å². The Labute approximate surface area is 159 Å². The van der Waals surface area contributed by atoms with Crippen molar-refractivity contribution in [2.75, 3.05) is 13.2 Å². The third-order valence-electron chi connectivity index (χ3n) is 5.34. The number of hydrogen-bond acceptors (Lipinski definition) is 4. The van der Waals surface area contributed by atoms with Crippen molar-refractivity contribution in [3.05, 3.63) is 71.4 Å². The summed E-state index contributed by atoms with van der Waals surface area (Å²) in [7, 11) is 0. The van der Waals surface area contributed by atoms with Crippen LogP contribution in [0.5, 0.6) is 5.75 Å². The first-order valence-electron chi connectivity index (χ1n) is 9.44. The lowest BCUT2D eigenvalue weighted by Crippen LogP contribution is -2.15. The monoisotopic (exact) mass is 363 g/mol. The maximum Gasteiger partial charge on any atom is 0.134 e. The number of aromatic nitrogens is 1. The molecular formula is C23H25NO3. The Bertz CT molecular complexity index is 920. The number of ether oxygens (including phenoxy) is 2. The second-order valence-corrected chi connectivity index (χ2v) is 7.45. The van der Waals surface area contributed by atoms with Gasteiger partial charge in [0.15, 0.2) is 0 Å². The van der Waals surface area contributed by atoms with Gasteiger partial charge in [-0.25, -0.2) is 4.98 Å². The molecule has 0 aliphatic heterocycles. The zero-order valence-electron chi connectivity index (χ0n) is 15.6. The minimum atomic E-state index is -0.0165. The molecule has 1 aliphatic carbocycles. The standard InChI is InChI=1S/C23H25NO3/c1-17-21(14-26-16-23(15-25)11-12-23)24-20-10-6-5-9-19(20)22(17)27-13-18-7-3-2-4-8-18/h2-10,25H,11-16H2,1H3. The molecule has 0 atom stereocenters. The maximum absolute atomic E-state index is 9.46. The highest BCUT2D eigenvalue weighted by molar-refractivity contribution is 5.86. The molecule has 4 rings (SSSR count). The molecule has 4 nitrogen and oxygen atoms in total. The van der Waals surface area contributed by atoms with Gasteiger partial charge in [-0.2, -0.15) is 0 Å². The van der Waals surface area contributed by atoms with Crippen LogP contribution in [0.3, 0.4) is 0 Å². The number of benzene rings is 2. The average Bonchev–Trinajstić information content (AvgIpc) is 3.49. The van der Waals surface area contributed by atoms with Crippen LogP contribution in [0.2, 0.25) is 0 Å². The summed E-state index contributed by atoms with van der Waals surface area (Å²) in [6, 6.07) is 18.2. The largest absolute Gasteiger partial charge is 0.488 e. The highest BCUT2D eigenvalue weighted by Crippen LogP contribution is 2.45. The lowest BCUT2D eigenvalue weighted by molar-refractivity contribution is 0.0498.